The molecule has 0 aromatic carbocycles. The minimum absolute atomic E-state index is 0.110. The first-order valence-corrected chi connectivity index (χ1v) is 5.82. The molecule has 0 N–H and O–H groups in total. The van der Waals surface area contributed by atoms with Crippen LogP contribution in [0.15, 0.2) is 0 Å². The monoisotopic (exact) mass is 215 g/mol. The Morgan fingerprint density at radius 3 is 1.93 bits per heavy atom. The lowest BCUT2D eigenvalue weighted by Crippen LogP contribution is -2.39. The van der Waals surface area contributed by atoms with Crippen LogP contribution < -0.4 is 0 Å². The fraction of sp³-hybridized carbons (Fsp3) is 0.917. The molecule has 0 aliphatic heterocycles. The Hall–Kier alpha value is -0.570. The quantitative estimate of drug-likeness (QED) is 0.651. The number of nitrogens with zero attached hydrogens (tertiary/aromatic N) is 1. The van der Waals surface area contributed by atoms with Crippen molar-refractivity contribution in [3.8, 4) is 0 Å². The summed E-state index contributed by atoms with van der Waals surface area (Å²) >= 11 is 0. The molecular weight excluding hydrogens is 190 g/mol. The highest BCUT2D eigenvalue weighted by Crippen LogP contribution is 2.04. The van der Waals surface area contributed by atoms with Crippen LogP contribution in [-0.2, 0) is 9.53 Å². The fourth-order valence-corrected chi connectivity index (χ4v) is 1.44. The molecule has 0 aromatic rings. The first-order valence-electron chi connectivity index (χ1n) is 5.82. The van der Waals surface area contributed by atoms with Gasteiger partial charge >= 0.3 is 0 Å². The van der Waals surface area contributed by atoms with Gasteiger partial charge in [0.05, 0.1) is 0 Å². The van der Waals surface area contributed by atoms with Gasteiger partial charge in [0.15, 0.2) is 0 Å². The molecule has 0 radical (unpaired) electrons. The second-order valence-electron chi connectivity index (χ2n) is 4.72. The van der Waals surface area contributed by atoms with E-state index in [9.17, 15) is 4.79 Å². The standard InChI is InChI=1S/C12H25NO2/c1-6-15-9-12(14)13(7-10(2)3)8-11(4)5/h10-11H,6-9H2,1-5H3. The predicted octanol–water partition coefficient (Wildman–Crippen LogP) is 2.16. The number of ether oxygens (including phenoxy) is 1. The Bertz CT molecular complexity index is 168. The van der Waals surface area contributed by atoms with Gasteiger partial charge in [-0.1, -0.05) is 27.7 Å². The number of amides is 1. The van der Waals surface area contributed by atoms with Crippen molar-refractivity contribution in [2.45, 2.75) is 34.6 Å². The van der Waals surface area contributed by atoms with Crippen LogP contribution in [-0.4, -0.2) is 37.1 Å². The van der Waals surface area contributed by atoms with E-state index in [1.807, 2.05) is 11.8 Å². The maximum absolute atomic E-state index is 11.8. The van der Waals surface area contributed by atoms with Crippen molar-refractivity contribution in [1.82, 2.24) is 4.90 Å². The van der Waals surface area contributed by atoms with E-state index in [1.165, 1.54) is 0 Å². The summed E-state index contributed by atoms with van der Waals surface area (Å²) in [4.78, 5) is 13.7. The molecule has 0 aromatic heterocycles. The summed E-state index contributed by atoms with van der Waals surface area (Å²) in [6.07, 6.45) is 0. The van der Waals surface area contributed by atoms with Crippen LogP contribution >= 0.6 is 0 Å². The summed E-state index contributed by atoms with van der Waals surface area (Å²) in [6, 6.07) is 0. The van der Waals surface area contributed by atoms with Crippen LogP contribution in [0.2, 0.25) is 0 Å². The fourth-order valence-electron chi connectivity index (χ4n) is 1.44. The van der Waals surface area contributed by atoms with Crippen LogP contribution in [0.4, 0.5) is 0 Å². The highest BCUT2D eigenvalue weighted by Gasteiger charge is 2.15. The largest absolute Gasteiger partial charge is 0.372 e. The van der Waals surface area contributed by atoms with Gasteiger partial charge in [0, 0.05) is 19.7 Å². The molecule has 3 heteroatoms. The normalized spacial score (nSPS) is 11.1. The maximum atomic E-state index is 11.8. The molecule has 0 bridgehead atoms. The van der Waals surface area contributed by atoms with Gasteiger partial charge in [0.1, 0.15) is 6.61 Å². The zero-order chi connectivity index (χ0) is 11.8. The highest BCUT2D eigenvalue weighted by atomic mass is 16.5. The number of rotatable bonds is 7. The molecule has 0 unspecified atom stereocenters. The first kappa shape index (κ1) is 14.4. The van der Waals surface area contributed by atoms with E-state index in [0.29, 0.717) is 18.4 Å². The summed E-state index contributed by atoms with van der Waals surface area (Å²) in [7, 11) is 0. The van der Waals surface area contributed by atoms with Gasteiger partial charge in [-0.05, 0) is 18.8 Å². The third-order valence-corrected chi connectivity index (χ3v) is 1.95. The average Bonchev–Trinajstić information content (AvgIpc) is 2.11. The van der Waals surface area contributed by atoms with E-state index in [1.54, 1.807) is 0 Å². The Kier molecular flexibility index (Phi) is 7.39. The number of carbonyl (C=O) groups is 1. The van der Waals surface area contributed by atoms with Crippen molar-refractivity contribution >= 4 is 5.91 Å². The molecule has 90 valence electrons. The van der Waals surface area contributed by atoms with E-state index in [-0.39, 0.29) is 12.5 Å². The van der Waals surface area contributed by atoms with E-state index < -0.39 is 0 Å². The Morgan fingerprint density at radius 1 is 1.13 bits per heavy atom. The zero-order valence-electron chi connectivity index (χ0n) is 10.7. The summed E-state index contributed by atoms with van der Waals surface area (Å²) in [5.41, 5.74) is 0. The molecular formula is C12H25NO2. The highest BCUT2D eigenvalue weighted by molar-refractivity contribution is 5.77. The molecule has 0 aliphatic rings. The van der Waals surface area contributed by atoms with E-state index >= 15 is 0 Å². The van der Waals surface area contributed by atoms with E-state index in [0.717, 1.165) is 13.1 Å². The lowest BCUT2D eigenvalue weighted by atomic mass is 10.1. The van der Waals surface area contributed by atoms with Crippen LogP contribution in [0.1, 0.15) is 34.6 Å². The van der Waals surface area contributed by atoms with Gasteiger partial charge < -0.3 is 9.64 Å². The molecule has 0 rings (SSSR count). The van der Waals surface area contributed by atoms with Gasteiger partial charge in [-0.15, -0.1) is 0 Å². The zero-order valence-corrected chi connectivity index (χ0v) is 10.7. The van der Waals surface area contributed by atoms with Crippen molar-refractivity contribution in [2.75, 3.05) is 26.3 Å². The molecule has 0 saturated heterocycles. The summed E-state index contributed by atoms with van der Waals surface area (Å²) in [5.74, 6) is 1.13. The van der Waals surface area contributed by atoms with Crippen LogP contribution in [0, 0.1) is 11.8 Å². The number of hydrogen-bond acceptors (Lipinski definition) is 2. The molecule has 0 atom stereocenters. The van der Waals surface area contributed by atoms with Crippen molar-refractivity contribution in [3.63, 3.8) is 0 Å². The summed E-state index contributed by atoms with van der Waals surface area (Å²) in [5, 5.41) is 0. The molecule has 1 amide bonds. The van der Waals surface area contributed by atoms with Crippen molar-refractivity contribution in [3.05, 3.63) is 0 Å². The number of carbonyl (C=O) groups excluding carboxylic acids is 1. The second kappa shape index (κ2) is 7.69. The minimum atomic E-state index is 0.110. The third kappa shape index (κ3) is 7.37. The van der Waals surface area contributed by atoms with Gasteiger partial charge in [0.25, 0.3) is 0 Å². The van der Waals surface area contributed by atoms with Gasteiger partial charge in [0.2, 0.25) is 5.91 Å². The van der Waals surface area contributed by atoms with Gasteiger partial charge in [-0.25, -0.2) is 0 Å². The second-order valence-corrected chi connectivity index (χ2v) is 4.72. The predicted molar refractivity (Wildman–Crippen MR) is 62.7 cm³/mol. The SMILES string of the molecule is CCOCC(=O)N(CC(C)C)CC(C)C. The van der Waals surface area contributed by atoms with E-state index in [2.05, 4.69) is 27.7 Å². The average molecular weight is 215 g/mol. The molecule has 0 spiro atoms. The van der Waals surface area contributed by atoms with Crippen LogP contribution in [0.5, 0.6) is 0 Å². The lowest BCUT2D eigenvalue weighted by Gasteiger charge is -2.26. The van der Waals surface area contributed by atoms with E-state index in [4.69, 9.17) is 4.74 Å². The summed E-state index contributed by atoms with van der Waals surface area (Å²) < 4.78 is 5.15. The van der Waals surface area contributed by atoms with Crippen LogP contribution in [0.25, 0.3) is 0 Å². The summed E-state index contributed by atoms with van der Waals surface area (Å²) in [6.45, 7) is 12.9. The Labute approximate surface area is 93.8 Å². The van der Waals surface area contributed by atoms with Crippen molar-refractivity contribution < 1.29 is 9.53 Å². The molecule has 0 saturated carbocycles. The smallest absolute Gasteiger partial charge is 0.248 e. The molecule has 0 fully saturated rings. The molecule has 15 heavy (non-hydrogen) atoms. The number of hydrogen-bond donors (Lipinski definition) is 0. The molecule has 0 aliphatic carbocycles. The topological polar surface area (TPSA) is 29.5 Å². The van der Waals surface area contributed by atoms with Crippen molar-refractivity contribution in [2.24, 2.45) is 11.8 Å². The Morgan fingerprint density at radius 2 is 1.60 bits per heavy atom. The molecule has 0 heterocycles. The third-order valence-electron chi connectivity index (χ3n) is 1.95. The Balaban J connectivity index is 4.14. The lowest BCUT2D eigenvalue weighted by molar-refractivity contribution is -0.137. The van der Waals surface area contributed by atoms with Crippen molar-refractivity contribution in [1.29, 1.82) is 0 Å². The first-order chi connectivity index (χ1) is 6.97. The van der Waals surface area contributed by atoms with Gasteiger partial charge in [-0.3, -0.25) is 4.79 Å². The van der Waals surface area contributed by atoms with Crippen LogP contribution in [0.3, 0.4) is 0 Å². The molecule has 3 nitrogen and oxygen atoms in total. The minimum Gasteiger partial charge on any atom is -0.372 e. The maximum Gasteiger partial charge on any atom is 0.248 e. The van der Waals surface area contributed by atoms with Gasteiger partial charge in [-0.2, -0.15) is 0 Å².